The summed E-state index contributed by atoms with van der Waals surface area (Å²) in [5, 5.41) is 7.04. The molecule has 1 N–H and O–H groups in total. The lowest BCUT2D eigenvalue weighted by molar-refractivity contribution is 0.379. The summed E-state index contributed by atoms with van der Waals surface area (Å²) in [6.07, 6.45) is 4.18. The van der Waals surface area contributed by atoms with Crippen molar-refractivity contribution in [3.8, 4) is 0 Å². The van der Waals surface area contributed by atoms with Gasteiger partial charge in [-0.1, -0.05) is 6.07 Å². The van der Waals surface area contributed by atoms with E-state index in [9.17, 15) is 0 Å². The zero-order valence-electron chi connectivity index (χ0n) is 12.6. The summed E-state index contributed by atoms with van der Waals surface area (Å²) in [6.45, 7) is 6.40. The van der Waals surface area contributed by atoms with E-state index in [1.165, 1.54) is 5.01 Å². The number of piperidine rings is 1. The van der Waals surface area contributed by atoms with Gasteiger partial charge in [0.1, 0.15) is 10.8 Å². The molecule has 0 saturated carbocycles. The Kier molecular flexibility index (Phi) is 4.51. The van der Waals surface area contributed by atoms with Crippen molar-refractivity contribution in [1.82, 2.24) is 15.3 Å². The maximum Gasteiger partial charge on any atom is 0.128 e. The third-order valence-corrected chi connectivity index (χ3v) is 5.11. The molecule has 2 aromatic heterocycles. The first-order valence-electron chi connectivity index (χ1n) is 7.56. The highest BCUT2D eigenvalue weighted by molar-refractivity contribution is 7.09. The molecule has 0 aromatic carbocycles. The van der Waals surface area contributed by atoms with Crippen molar-refractivity contribution in [3.63, 3.8) is 0 Å². The van der Waals surface area contributed by atoms with Crippen LogP contribution in [0.4, 0.5) is 5.82 Å². The Morgan fingerprint density at radius 2 is 2.14 bits per heavy atom. The number of pyridine rings is 1. The molecule has 5 heteroatoms. The Hall–Kier alpha value is -1.46. The number of nitrogens with one attached hydrogen (secondary N) is 1. The average Bonchev–Trinajstić information content (AvgIpc) is 2.96. The summed E-state index contributed by atoms with van der Waals surface area (Å²) in [6, 6.07) is 7.03. The summed E-state index contributed by atoms with van der Waals surface area (Å²) in [4.78, 5) is 11.4. The van der Waals surface area contributed by atoms with Crippen LogP contribution in [0.15, 0.2) is 29.8 Å². The molecule has 1 saturated heterocycles. The van der Waals surface area contributed by atoms with E-state index < -0.39 is 0 Å². The van der Waals surface area contributed by atoms with Crippen LogP contribution in [-0.2, 0) is 0 Å². The van der Waals surface area contributed by atoms with Crippen molar-refractivity contribution >= 4 is 17.2 Å². The van der Waals surface area contributed by atoms with Crippen molar-refractivity contribution < 1.29 is 0 Å². The molecule has 0 spiro atoms. The molecule has 0 aliphatic carbocycles. The Balaban J connectivity index is 1.52. The molecule has 0 radical (unpaired) electrons. The normalized spacial score (nSPS) is 17.9. The average molecular weight is 302 g/mol. The summed E-state index contributed by atoms with van der Waals surface area (Å²) >= 11 is 1.75. The van der Waals surface area contributed by atoms with Gasteiger partial charge in [-0.2, -0.15) is 0 Å². The van der Waals surface area contributed by atoms with Gasteiger partial charge in [0.15, 0.2) is 0 Å². The fourth-order valence-electron chi connectivity index (χ4n) is 2.81. The molecule has 2 aromatic rings. The number of rotatable bonds is 4. The van der Waals surface area contributed by atoms with Crippen LogP contribution in [0, 0.1) is 6.92 Å². The van der Waals surface area contributed by atoms with E-state index >= 15 is 0 Å². The number of thiazole rings is 1. The molecule has 1 unspecified atom stereocenters. The maximum atomic E-state index is 4.57. The Bertz CT molecular complexity index is 561. The molecule has 0 bridgehead atoms. The molecular formula is C16H22N4S. The van der Waals surface area contributed by atoms with E-state index in [1.807, 2.05) is 12.3 Å². The number of hydrogen-bond acceptors (Lipinski definition) is 5. The SMILES string of the molecule is Cc1csc(C(C)NC2CCN(c3ccccn3)CC2)n1. The first-order valence-corrected chi connectivity index (χ1v) is 8.44. The second-order valence-electron chi connectivity index (χ2n) is 5.66. The van der Waals surface area contributed by atoms with Gasteiger partial charge in [-0.05, 0) is 38.8 Å². The fourth-order valence-corrected chi connectivity index (χ4v) is 3.62. The minimum atomic E-state index is 0.343. The lowest BCUT2D eigenvalue weighted by Gasteiger charge is -2.34. The summed E-state index contributed by atoms with van der Waals surface area (Å²) in [5.74, 6) is 1.10. The Morgan fingerprint density at radius 3 is 2.76 bits per heavy atom. The van der Waals surface area contributed by atoms with Crippen LogP contribution in [0.3, 0.4) is 0 Å². The van der Waals surface area contributed by atoms with Crippen LogP contribution < -0.4 is 10.2 Å². The summed E-state index contributed by atoms with van der Waals surface area (Å²) < 4.78 is 0. The second-order valence-corrected chi connectivity index (χ2v) is 6.55. The quantitative estimate of drug-likeness (QED) is 0.942. The monoisotopic (exact) mass is 302 g/mol. The number of aryl methyl sites for hydroxylation is 1. The van der Waals surface area contributed by atoms with Crippen LogP contribution in [-0.4, -0.2) is 29.1 Å². The largest absolute Gasteiger partial charge is 0.357 e. The van der Waals surface area contributed by atoms with Gasteiger partial charge < -0.3 is 10.2 Å². The zero-order chi connectivity index (χ0) is 14.7. The minimum Gasteiger partial charge on any atom is -0.357 e. The molecule has 3 heterocycles. The maximum absolute atomic E-state index is 4.57. The van der Waals surface area contributed by atoms with Crippen LogP contribution in [0.25, 0.3) is 0 Å². The van der Waals surface area contributed by atoms with Crippen molar-refractivity contribution in [2.24, 2.45) is 0 Å². The lowest BCUT2D eigenvalue weighted by atomic mass is 10.0. The fraction of sp³-hybridized carbons (Fsp3) is 0.500. The number of anilines is 1. The van der Waals surface area contributed by atoms with Crippen LogP contribution in [0.2, 0.25) is 0 Å². The molecule has 21 heavy (non-hydrogen) atoms. The van der Waals surface area contributed by atoms with Crippen molar-refractivity contribution in [2.75, 3.05) is 18.0 Å². The van der Waals surface area contributed by atoms with Gasteiger partial charge in [0.25, 0.3) is 0 Å². The van der Waals surface area contributed by atoms with Gasteiger partial charge in [-0.25, -0.2) is 9.97 Å². The van der Waals surface area contributed by atoms with Crippen molar-refractivity contribution in [3.05, 3.63) is 40.5 Å². The second kappa shape index (κ2) is 6.54. The van der Waals surface area contributed by atoms with E-state index in [0.717, 1.165) is 37.4 Å². The van der Waals surface area contributed by atoms with Gasteiger partial charge in [-0.15, -0.1) is 11.3 Å². The van der Waals surface area contributed by atoms with Crippen LogP contribution >= 0.6 is 11.3 Å². The molecule has 112 valence electrons. The third kappa shape index (κ3) is 3.60. The molecular weight excluding hydrogens is 280 g/mol. The van der Waals surface area contributed by atoms with Gasteiger partial charge in [-0.3, -0.25) is 0 Å². The Labute approximate surface area is 130 Å². The summed E-state index contributed by atoms with van der Waals surface area (Å²) in [7, 11) is 0. The topological polar surface area (TPSA) is 41.0 Å². The van der Waals surface area contributed by atoms with E-state index in [4.69, 9.17) is 0 Å². The number of hydrogen-bond donors (Lipinski definition) is 1. The van der Waals surface area contributed by atoms with Gasteiger partial charge in [0.05, 0.1) is 6.04 Å². The van der Waals surface area contributed by atoms with Gasteiger partial charge >= 0.3 is 0 Å². The predicted octanol–water partition coefficient (Wildman–Crippen LogP) is 3.17. The zero-order valence-corrected chi connectivity index (χ0v) is 13.4. The number of nitrogens with zero attached hydrogens (tertiary/aromatic N) is 3. The molecule has 0 amide bonds. The minimum absolute atomic E-state index is 0.343. The van der Waals surface area contributed by atoms with E-state index in [0.29, 0.717) is 12.1 Å². The van der Waals surface area contributed by atoms with Gasteiger partial charge in [0, 0.05) is 36.4 Å². The molecule has 4 nitrogen and oxygen atoms in total. The molecule has 1 aliphatic rings. The molecule has 1 atom stereocenters. The highest BCUT2D eigenvalue weighted by Gasteiger charge is 2.22. The number of aromatic nitrogens is 2. The van der Waals surface area contributed by atoms with E-state index in [1.54, 1.807) is 11.3 Å². The molecule has 3 rings (SSSR count). The molecule has 1 aliphatic heterocycles. The van der Waals surface area contributed by atoms with Crippen LogP contribution in [0.1, 0.15) is 36.5 Å². The van der Waals surface area contributed by atoms with Gasteiger partial charge in [0.2, 0.25) is 0 Å². The standard InChI is InChI=1S/C16H22N4S/c1-12-11-21-16(18-12)13(2)19-14-6-9-20(10-7-14)15-5-3-4-8-17-15/h3-5,8,11,13-14,19H,6-7,9-10H2,1-2H3. The third-order valence-electron chi connectivity index (χ3n) is 3.96. The highest BCUT2D eigenvalue weighted by atomic mass is 32.1. The summed E-state index contributed by atoms with van der Waals surface area (Å²) in [5.41, 5.74) is 1.12. The first kappa shape index (κ1) is 14.5. The highest BCUT2D eigenvalue weighted by Crippen LogP contribution is 2.22. The Morgan fingerprint density at radius 1 is 1.33 bits per heavy atom. The lowest BCUT2D eigenvalue weighted by Crippen LogP contribution is -2.43. The van der Waals surface area contributed by atoms with Crippen molar-refractivity contribution in [1.29, 1.82) is 0 Å². The van der Waals surface area contributed by atoms with Crippen molar-refractivity contribution in [2.45, 2.75) is 38.8 Å². The van der Waals surface area contributed by atoms with Crippen LogP contribution in [0.5, 0.6) is 0 Å². The van der Waals surface area contributed by atoms with E-state index in [2.05, 4.69) is 51.5 Å². The molecule has 1 fully saturated rings. The van der Waals surface area contributed by atoms with E-state index in [-0.39, 0.29) is 0 Å². The smallest absolute Gasteiger partial charge is 0.128 e. The predicted molar refractivity (Wildman–Crippen MR) is 87.9 cm³/mol. The first-order chi connectivity index (χ1) is 10.2.